The molecule has 1 unspecified atom stereocenters. The van der Waals surface area contributed by atoms with E-state index in [1.165, 1.54) is 6.20 Å². The van der Waals surface area contributed by atoms with Gasteiger partial charge in [-0.1, -0.05) is 30.3 Å². The van der Waals surface area contributed by atoms with Gasteiger partial charge in [-0.3, -0.25) is 9.78 Å². The number of aromatic nitrogens is 3. The molecule has 2 aromatic heterocycles. The number of carbonyl (C=O) groups is 2. The van der Waals surface area contributed by atoms with Gasteiger partial charge in [-0.2, -0.15) is 13.2 Å². The van der Waals surface area contributed by atoms with Crippen LogP contribution in [-0.2, 0) is 41.4 Å². The van der Waals surface area contributed by atoms with Gasteiger partial charge >= 0.3 is 6.18 Å². The van der Waals surface area contributed by atoms with Crippen molar-refractivity contribution in [3.63, 3.8) is 0 Å². The first-order valence-corrected chi connectivity index (χ1v) is 12.5. The Morgan fingerprint density at radius 1 is 1.13 bits per heavy atom. The predicted molar refractivity (Wildman–Crippen MR) is 137 cm³/mol. The van der Waals surface area contributed by atoms with Crippen LogP contribution in [0.25, 0.3) is 0 Å². The van der Waals surface area contributed by atoms with Crippen molar-refractivity contribution < 1.29 is 22.8 Å². The van der Waals surface area contributed by atoms with Gasteiger partial charge in [-0.15, -0.1) is 0 Å². The van der Waals surface area contributed by atoms with Crippen LogP contribution in [0.15, 0.2) is 48.8 Å². The minimum atomic E-state index is -4.59. The summed E-state index contributed by atoms with van der Waals surface area (Å²) >= 11 is 0. The third-order valence-electron chi connectivity index (χ3n) is 6.71. The summed E-state index contributed by atoms with van der Waals surface area (Å²) in [6, 6.07) is 11.3. The number of halogens is 3. The first-order valence-electron chi connectivity index (χ1n) is 12.5. The fraction of sp³-hybridized carbons (Fsp3) is 0.370. The maximum Gasteiger partial charge on any atom is 0.419 e. The highest BCUT2D eigenvalue weighted by Gasteiger charge is 2.35. The van der Waals surface area contributed by atoms with Crippen LogP contribution in [0, 0.1) is 0 Å². The fourth-order valence-corrected chi connectivity index (χ4v) is 4.84. The van der Waals surface area contributed by atoms with Gasteiger partial charge in [-0.05, 0) is 67.4 Å². The van der Waals surface area contributed by atoms with E-state index in [1.807, 2.05) is 29.1 Å². The number of primary amides is 1. The molecule has 0 bridgehead atoms. The number of hydrogen-bond acceptors (Lipinski definition) is 6. The van der Waals surface area contributed by atoms with E-state index in [9.17, 15) is 22.8 Å². The zero-order valence-electron chi connectivity index (χ0n) is 20.8. The molecular weight excluding hydrogens is 494 g/mol. The largest absolute Gasteiger partial charge is 0.419 e. The number of aryl methyl sites for hydroxylation is 2. The summed E-state index contributed by atoms with van der Waals surface area (Å²) in [5.41, 5.74) is 7.46. The van der Waals surface area contributed by atoms with Gasteiger partial charge in [0.1, 0.15) is 5.82 Å². The maximum atomic E-state index is 13.7. The Hall–Kier alpha value is -3.60. The Kier molecular flexibility index (Phi) is 8.88. The molecule has 1 aliphatic rings. The minimum Gasteiger partial charge on any atom is -0.369 e. The van der Waals surface area contributed by atoms with Crippen LogP contribution in [0.3, 0.4) is 0 Å². The molecule has 3 aromatic rings. The monoisotopic (exact) mass is 522 g/mol. The summed E-state index contributed by atoms with van der Waals surface area (Å²) in [5, 5.41) is 0. The van der Waals surface area contributed by atoms with Crippen LogP contribution in [0.4, 0.5) is 13.2 Å². The van der Waals surface area contributed by atoms with Crippen LogP contribution >= 0.6 is 0 Å². The highest BCUT2D eigenvalue weighted by Crippen LogP contribution is 2.32. The van der Waals surface area contributed by atoms with Crippen molar-refractivity contribution in [1.29, 1.82) is 0 Å². The molecule has 4 rings (SSSR count). The summed E-state index contributed by atoms with van der Waals surface area (Å²) < 4.78 is 41.1. The Bertz CT molecular complexity index is 1270. The number of alkyl halides is 3. The molecule has 1 radical (unpaired) electrons. The molecule has 11 heteroatoms. The Labute approximate surface area is 220 Å². The number of pyridine rings is 1. The van der Waals surface area contributed by atoms with Crippen LogP contribution in [-0.4, -0.2) is 52.4 Å². The van der Waals surface area contributed by atoms with Gasteiger partial charge in [0.15, 0.2) is 0 Å². The molecule has 1 aliphatic heterocycles. The Morgan fingerprint density at radius 2 is 1.89 bits per heavy atom. The topological polar surface area (TPSA) is 102 Å². The molecule has 1 fully saturated rings. The normalized spacial score (nSPS) is 16.2. The molecule has 7 nitrogen and oxygen atoms in total. The third kappa shape index (κ3) is 7.25. The van der Waals surface area contributed by atoms with E-state index >= 15 is 0 Å². The van der Waals surface area contributed by atoms with Crippen LogP contribution in [0.1, 0.15) is 58.2 Å². The van der Waals surface area contributed by atoms with Crippen molar-refractivity contribution in [2.75, 3.05) is 13.1 Å². The Balaban J connectivity index is 1.49. The van der Waals surface area contributed by atoms with Gasteiger partial charge in [-0.25, -0.2) is 9.97 Å². The van der Waals surface area contributed by atoms with Crippen molar-refractivity contribution in [2.24, 2.45) is 5.73 Å². The third-order valence-corrected chi connectivity index (χ3v) is 6.71. The molecule has 0 saturated carbocycles. The lowest BCUT2D eigenvalue weighted by Gasteiger charge is -2.31. The lowest BCUT2D eigenvalue weighted by Crippen LogP contribution is -2.37. The van der Waals surface area contributed by atoms with Crippen molar-refractivity contribution in [3.8, 4) is 0 Å². The first-order chi connectivity index (χ1) is 18.2. The standard InChI is InChI=1S/C27H28BF3N5O2/c29-27(30,31)22-15-34-26(35-24(22)10-9-23-20(14-25(32)38)3-1-11-33-23)13-18-5-7-19(8-6-18)21-4-2-12-36(16-21)28-17-37/h1,3,5-8,11,15,17,21H,2,4,9-10,12-14,16H2,(H2,32,38). The number of nitrogens with zero attached hydrogens (tertiary/aromatic N) is 4. The fourth-order valence-electron chi connectivity index (χ4n) is 4.84. The SMILES string of the molecule is NC(=O)Cc1cccnc1CCc1nc(Cc2ccc(C3CCCN([B]C=O)C3)cc2)ncc1C(F)(F)F. The van der Waals surface area contributed by atoms with Crippen LogP contribution in [0.2, 0.25) is 0 Å². The smallest absolute Gasteiger partial charge is 0.369 e. The van der Waals surface area contributed by atoms with E-state index in [0.717, 1.165) is 49.4 Å². The molecule has 0 spiro atoms. The van der Waals surface area contributed by atoms with E-state index in [-0.39, 0.29) is 31.4 Å². The van der Waals surface area contributed by atoms with Crippen LogP contribution in [0.5, 0.6) is 0 Å². The van der Waals surface area contributed by atoms with Gasteiger partial charge in [0, 0.05) is 24.5 Å². The zero-order chi connectivity index (χ0) is 27.1. The number of hydrogen-bond donors (Lipinski definition) is 1. The Morgan fingerprint density at radius 3 is 2.61 bits per heavy atom. The number of nitrogens with two attached hydrogens (primary N) is 1. The maximum absolute atomic E-state index is 13.7. The summed E-state index contributed by atoms with van der Waals surface area (Å²) in [4.78, 5) is 36.7. The molecule has 1 aromatic carbocycles. The summed E-state index contributed by atoms with van der Waals surface area (Å²) in [7, 11) is 1.58. The predicted octanol–water partition coefficient (Wildman–Crippen LogP) is 3.28. The molecule has 1 saturated heterocycles. The second kappa shape index (κ2) is 12.3. The molecule has 197 valence electrons. The van der Waals surface area contributed by atoms with Gasteiger partial charge in [0.2, 0.25) is 5.91 Å². The second-order valence-corrected chi connectivity index (χ2v) is 9.43. The van der Waals surface area contributed by atoms with Crippen molar-refractivity contribution >= 4 is 19.5 Å². The van der Waals surface area contributed by atoms with E-state index in [2.05, 4.69) is 15.0 Å². The van der Waals surface area contributed by atoms with Crippen molar-refractivity contribution in [1.82, 2.24) is 19.8 Å². The molecule has 1 atom stereocenters. The molecule has 1 amide bonds. The first kappa shape index (κ1) is 27.4. The molecule has 0 aliphatic carbocycles. The summed E-state index contributed by atoms with van der Waals surface area (Å²) in [6.45, 7) is 1.65. The highest BCUT2D eigenvalue weighted by atomic mass is 19.4. The van der Waals surface area contributed by atoms with Crippen molar-refractivity contribution in [2.45, 2.75) is 50.6 Å². The summed E-state index contributed by atoms with van der Waals surface area (Å²) in [5.74, 6) is 0.0724. The minimum absolute atomic E-state index is 0.0118. The summed E-state index contributed by atoms with van der Waals surface area (Å²) in [6.07, 6.45) is 1.05. The highest BCUT2D eigenvalue weighted by molar-refractivity contribution is 6.64. The van der Waals surface area contributed by atoms with E-state index in [4.69, 9.17) is 5.73 Å². The lowest BCUT2D eigenvalue weighted by atomic mass is 9.84. The van der Waals surface area contributed by atoms with Gasteiger partial charge < -0.3 is 15.3 Å². The number of benzene rings is 1. The molecule has 3 heterocycles. The van der Waals surface area contributed by atoms with E-state index in [0.29, 0.717) is 23.0 Å². The molecular formula is C27H28BF3N5O2. The average Bonchev–Trinajstić information content (AvgIpc) is 2.88. The molecule has 38 heavy (non-hydrogen) atoms. The number of rotatable bonds is 10. The number of amides is 1. The average molecular weight is 522 g/mol. The lowest BCUT2D eigenvalue weighted by molar-refractivity contribution is -0.138. The van der Waals surface area contributed by atoms with E-state index < -0.39 is 17.6 Å². The number of piperidine rings is 1. The van der Waals surface area contributed by atoms with E-state index in [1.54, 1.807) is 19.5 Å². The molecule has 2 N–H and O–H groups in total. The second-order valence-electron chi connectivity index (χ2n) is 9.43. The van der Waals surface area contributed by atoms with Gasteiger partial charge in [0.05, 0.1) is 23.9 Å². The quantitative estimate of drug-likeness (QED) is 0.324. The van der Waals surface area contributed by atoms with Gasteiger partial charge in [0.25, 0.3) is 7.41 Å². The number of carbonyl (C=O) groups excluding carboxylic acids is 2. The van der Waals surface area contributed by atoms with Crippen molar-refractivity contribution in [3.05, 3.63) is 88.3 Å². The van der Waals surface area contributed by atoms with Crippen LogP contribution < -0.4 is 5.73 Å². The zero-order valence-corrected chi connectivity index (χ0v) is 20.8.